The summed E-state index contributed by atoms with van der Waals surface area (Å²) in [5, 5.41) is 1.78. The Morgan fingerprint density at radius 3 is 1.25 bits per heavy atom. The van der Waals surface area contributed by atoms with E-state index in [-0.39, 0.29) is 16.3 Å². The molecule has 1 aromatic heterocycles. The lowest BCUT2D eigenvalue weighted by Gasteiger charge is -2.29. The Hall–Kier alpha value is -5.79. The zero-order valence-corrected chi connectivity index (χ0v) is 44.2. The van der Waals surface area contributed by atoms with Crippen LogP contribution >= 0.6 is 16.8 Å². The van der Waals surface area contributed by atoms with Crippen molar-refractivity contribution in [3.8, 4) is 51.4 Å². The number of methoxy groups -OCH3 is 3. The van der Waals surface area contributed by atoms with Crippen LogP contribution in [-0.2, 0) is 21.7 Å². The Bertz CT molecular complexity index is 2880. The number of ether oxygens (including phenoxy) is 3. The molecule has 1 unspecified atom stereocenters. The molecule has 0 spiro atoms. The summed E-state index contributed by atoms with van der Waals surface area (Å²) in [5.41, 5.74) is 5.96. The molecule has 10 nitrogen and oxygen atoms in total. The van der Waals surface area contributed by atoms with Gasteiger partial charge in [0.15, 0.2) is 0 Å². The van der Waals surface area contributed by atoms with Gasteiger partial charge in [0.2, 0.25) is 0 Å². The van der Waals surface area contributed by atoms with Gasteiger partial charge >= 0.3 is 16.8 Å². The third kappa shape index (κ3) is 11.4. The zero-order valence-electron chi connectivity index (χ0n) is 42.5. The van der Waals surface area contributed by atoms with E-state index in [4.69, 9.17) is 40.7 Å². The van der Waals surface area contributed by atoms with Crippen LogP contribution in [-0.4, -0.2) is 26.8 Å². The van der Waals surface area contributed by atoms with Crippen LogP contribution in [0.2, 0.25) is 0 Å². The van der Waals surface area contributed by atoms with E-state index in [9.17, 15) is 0 Å². The maximum absolute atomic E-state index is 7.44. The lowest BCUT2D eigenvalue weighted by Crippen LogP contribution is -2.16. The molecule has 0 amide bonds. The van der Waals surface area contributed by atoms with Crippen molar-refractivity contribution in [2.75, 3.05) is 21.3 Å². The topological polar surface area (TPSA) is 122 Å². The molecule has 7 rings (SSSR count). The van der Waals surface area contributed by atoms with Gasteiger partial charge in [-0.1, -0.05) is 126 Å². The first-order chi connectivity index (χ1) is 31.5. The third-order valence-corrected chi connectivity index (χ3v) is 13.5. The van der Waals surface area contributed by atoms with E-state index >= 15 is 0 Å². The van der Waals surface area contributed by atoms with Crippen LogP contribution in [0.1, 0.15) is 111 Å². The molecule has 68 heavy (non-hydrogen) atoms. The smallest absolute Gasteiger partial charge is 0.497 e. The summed E-state index contributed by atoms with van der Waals surface area (Å²) >= 11 is 0. The predicted molar refractivity (Wildman–Crippen MR) is 279 cm³/mol. The Morgan fingerprint density at radius 2 is 0.809 bits per heavy atom. The molecule has 7 aromatic rings. The number of para-hydroxylation sites is 2. The van der Waals surface area contributed by atoms with Crippen LogP contribution in [0.4, 0.5) is 0 Å². The van der Waals surface area contributed by atoms with E-state index in [1.165, 1.54) is 0 Å². The lowest BCUT2D eigenvalue weighted by atomic mass is 9.81. The Labute approximate surface area is 404 Å². The number of hydrogen-bond donors (Lipinski definition) is 0. The molecule has 362 valence electrons. The molecule has 0 aliphatic rings. The molecule has 0 fully saturated rings. The molecule has 12 heteroatoms. The molecule has 0 aliphatic carbocycles. The van der Waals surface area contributed by atoms with E-state index in [1.54, 1.807) is 21.3 Å². The lowest BCUT2D eigenvalue weighted by molar-refractivity contribution is 0.380. The summed E-state index contributed by atoms with van der Waals surface area (Å²) in [6, 6.07) is 35.5. The second kappa shape index (κ2) is 20.0. The molecule has 1 atom stereocenters. The minimum absolute atomic E-state index is 0. The fourth-order valence-electron chi connectivity index (χ4n) is 7.90. The van der Waals surface area contributed by atoms with Gasteiger partial charge in [-0.15, -0.1) is 0 Å². The van der Waals surface area contributed by atoms with Gasteiger partial charge in [-0.2, -0.15) is 0 Å². The number of aryl methyl sites for hydroxylation is 1. The van der Waals surface area contributed by atoms with Crippen molar-refractivity contribution in [2.45, 2.75) is 112 Å². The second-order valence-corrected chi connectivity index (χ2v) is 23.0. The molecule has 0 saturated heterocycles. The standard InChI is InChI=1S/C56H66O9P2.H2O/c1-35-27-41-42-29-38(57-14)32-46(54(5,6)7)50(42)64-67(63-49(41)45(28-35)53(2,3)4)65-52-44(31-40(59-16)34-48(52)56(11,12)13)43-30-39(58-15)33-47(55(8,9)10)51(43)62-66(60-36-23-19-17-20-24-36)61-37-25-21-18-22-26-37;/h17-34H,1-16H3;1H2. The summed E-state index contributed by atoms with van der Waals surface area (Å²) in [6.07, 6.45) is 0. The van der Waals surface area contributed by atoms with Crippen LogP contribution in [0.15, 0.2) is 118 Å². The minimum atomic E-state index is -2.22. The number of fused-ring (bicyclic) bond motifs is 3. The fourth-order valence-corrected chi connectivity index (χ4v) is 10.1. The van der Waals surface area contributed by atoms with Gasteiger partial charge in [0.25, 0.3) is 0 Å². The van der Waals surface area contributed by atoms with Crippen LogP contribution in [0.25, 0.3) is 33.1 Å². The fraction of sp³-hybridized carbons (Fsp3) is 0.357. The summed E-state index contributed by atoms with van der Waals surface area (Å²) in [5.74, 6) is 4.24. The van der Waals surface area contributed by atoms with Crippen LogP contribution in [0.3, 0.4) is 0 Å². The normalized spacial score (nSPS) is 12.4. The van der Waals surface area contributed by atoms with Gasteiger partial charge in [0, 0.05) is 44.2 Å². The van der Waals surface area contributed by atoms with Gasteiger partial charge in [0.05, 0.1) is 21.3 Å². The minimum Gasteiger partial charge on any atom is -0.497 e. The van der Waals surface area contributed by atoms with Crippen molar-refractivity contribution in [3.05, 3.63) is 137 Å². The number of rotatable bonds is 12. The zero-order chi connectivity index (χ0) is 48.6. The van der Waals surface area contributed by atoms with Crippen molar-refractivity contribution in [1.82, 2.24) is 0 Å². The summed E-state index contributed by atoms with van der Waals surface area (Å²) in [6.45, 7) is 28.1. The first-order valence-electron chi connectivity index (χ1n) is 22.6. The van der Waals surface area contributed by atoms with Gasteiger partial charge in [-0.25, -0.2) is 0 Å². The van der Waals surface area contributed by atoms with Crippen LogP contribution < -0.4 is 32.3 Å². The highest BCUT2D eigenvalue weighted by atomic mass is 31.2. The quantitative estimate of drug-likeness (QED) is 0.110. The molecule has 0 bridgehead atoms. The summed E-state index contributed by atoms with van der Waals surface area (Å²) in [4.78, 5) is 0. The molecule has 1 heterocycles. The highest BCUT2D eigenvalue weighted by Gasteiger charge is 2.34. The molecule has 0 radical (unpaired) electrons. The third-order valence-electron chi connectivity index (χ3n) is 11.4. The Balaban J connectivity index is 0.00000761. The maximum Gasteiger partial charge on any atom is 0.530 e. The van der Waals surface area contributed by atoms with Crippen molar-refractivity contribution >= 4 is 38.8 Å². The van der Waals surface area contributed by atoms with Crippen LogP contribution in [0.5, 0.6) is 40.2 Å². The average molecular weight is 963 g/mol. The summed E-state index contributed by atoms with van der Waals surface area (Å²) in [7, 11) is 0.711. The van der Waals surface area contributed by atoms with E-state index in [0.29, 0.717) is 56.8 Å². The molecule has 2 N–H and O–H groups in total. The van der Waals surface area contributed by atoms with Gasteiger partial charge < -0.3 is 46.2 Å². The monoisotopic (exact) mass is 962 g/mol. The Morgan fingerprint density at radius 1 is 0.426 bits per heavy atom. The first kappa shape index (κ1) is 51.6. The van der Waals surface area contributed by atoms with Gasteiger partial charge in [0.1, 0.15) is 51.4 Å². The number of hydrogen-bond acceptors (Lipinski definition) is 9. The van der Waals surface area contributed by atoms with Gasteiger partial charge in [-0.05, 0) is 101 Å². The molecule has 0 aliphatic heterocycles. The molecular formula is C56H68O10P2. The molecule has 0 saturated carbocycles. The first-order valence-corrected chi connectivity index (χ1v) is 24.8. The van der Waals surface area contributed by atoms with Crippen molar-refractivity contribution in [2.24, 2.45) is 0 Å². The Kier molecular flexibility index (Phi) is 15.2. The van der Waals surface area contributed by atoms with Gasteiger partial charge in [-0.3, -0.25) is 0 Å². The summed E-state index contributed by atoms with van der Waals surface area (Å²) < 4.78 is 60.3. The van der Waals surface area contributed by atoms with Crippen molar-refractivity contribution in [3.63, 3.8) is 0 Å². The van der Waals surface area contributed by atoms with Crippen LogP contribution in [0, 0.1) is 6.92 Å². The van der Waals surface area contributed by atoms with E-state index < -0.39 is 27.7 Å². The average Bonchev–Trinajstić information content (AvgIpc) is 3.41. The second-order valence-electron chi connectivity index (χ2n) is 21.0. The van der Waals surface area contributed by atoms with E-state index in [0.717, 1.165) is 44.3 Å². The largest absolute Gasteiger partial charge is 0.530 e. The highest BCUT2D eigenvalue weighted by Crippen LogP contribution is 2.55. The maximum atomic E-state index is 7.44. The van der Waals surface area contributed by atoms with E-state index in [1.807, 2.05) is 91.0 Å². The number of benzene rings is 6. The molecular weight excluding hydrogens is 895 g/mol. The highest BCUT2D eigenvalue weighted by molar-refractivity contribution is 7.43. The van der Waals surface area contributed by atoms with E-state index in [2.05, 4.69) is 108 Å². The molecule has 6 aromatic carbocycles. The SMILES string of the molecule is COc1cc(-c2cc(OC)cc(C(C)(C)C)c2Op2oc3c(C(C)(C)C)cc(C)cc3c3cc(OC)cc(C(C)(C)C)c3o2)c(OP(Oc2ccccc2)Oc2ccccc2)c(C(C)(C)C)c1.O. The predicted octanol–water partition coefficient (Wildman–Crippen LogP) is 16.3. The van der Waals surface area contributed by atoms with Crippen molar-refractivity contribution in [1.29, 1.82) is 0 Å². The van der Waals surface area contributed by atoms with Crippen molar-refractivity contribution < 1.29 is 46.2 Å².